The lowest BCUT2D eigenvalue weighted by molar-refractivity contribution is 0.324. The molecule has 0 fully saturated rings. The first-order valence-electron chi connectivity index (χ1n) is 7.97. The van der Waals surface area contributed by atoms with Gasteiger partial charge in [0, 0.05) is 11.6 Å². The van der Waals surface area contributed by atoms with Crippen molar-refractivity contribution in [2.45, 2.75) is 0 Å². The number of allylic oxidation sites excluding steroid dienone is 1. The van der Waals surface area contributed by atoms with E-state index in [4.69, 9.17) is 14.2 Å². The molecular weight excluding hydrogens is 328 g/mol. The number of hydrogen-bond acceptors (Lipinski definition) is 5. The number of ether oxygens (including phenoxy) is 3. The largest absolute Gasteiger partial charge is 0.493 e. The van der Waals surface area contributed by atoms with Crippen molar-refractivity contribution in [1.29, 1.82) is 5.26 Å². The minimum Gasteiger partial charge on any atom is -0.493 e. The lowest BCUT2D eigenvalue weighted by Crippen LogP contribution is -1.96. The molecule has 26 heavy (non-hydrogen) atoms. The van der Waals surface area contributed by atoms with Gasteiger partial charge in [0.25, 0.3) is 0 Å². The molecule has 0 aliphatic carbocycles. The van der Waals surface area contributed by atoms with Crippen molar-refractivity contribution in [3.05, 3.63) is 59.8 Å². The summed E-state index contributed by atoms with van der Waals surface area (Å²) in [7, 11) is 4.64. The van der Waals surface area contributed by atoms with Crippen LogP contribution in [0.25, 0.3) is 22.6 Å². The molecule has 5 nitrogen and oxygen atoms in total. The van der Waals surface area contributed by atoms with Crippen molar-refractivity contribution in [2.75, 3.05) is 21.3 Å². The van der Waals surface area contributed by atoms with Gasteiger partial charge in [-0.1, -0.05) is 18.2 Å². The second-order valence-electron chi connectivity index (χ2n) is 5.50. The Morgan fingerprint density at radius 2 is 1.69 bits per heavy atom. The van der Waals surface area contributed by atoms with E-state index in [1.807, 2.05) is 36.4 Å². The maximum atomic E-state index is 9.72. The Morgan fingerprint density at radius 3 is 2.31 bits per heavy atom. The number of fused-ring (bicyclic) bond motifs is 1. The van der Waals surface area contributed by atoms with Crippen LogP contribution in [0.5, 0.6) is 17.2 Å². The second-order valence-corrected chi connectivity index (χ2v) is 5.50. The first-order valence-corrected chi connectivity index (χ1v) is 7.97. The van der Waals surface area contributed by atoms with Gasteiger partial charge in [-0.25, -0.2) is 0 Å². The molecule has 3 rings (SSSR count). The predicted molar refractivity (Wildman–Crippen MR) is 101 cm³/mol. The molecule has 0 N–H and O–H groups in total. The molecule has 0 radical (unpaired) electrons. The van der Waals surface area contributed by atoms with Crippen molar-refractivity contribution in [2.24, 2.45) is 0 Å². The van der Waals surface area contributed by atoms with Crippen LogP contribution in [0.4, 0.5) is 0 Å². The summed E-state index contributed by atoms with van der Waals surface area (Å²) in [4.78, 5) is 4.36. The SMILES string of the molecule is COc1cc(/C(C#N)=C/c2ccnc3ccccc23)cc(OC)c1OC. The van der Waals surface area contributed by atoms with E-state index in [1.54, 1.807) is 39.7 Å². The van der Waals surface area contributed by atoms with E-state index in [2.05, 4.69) is 11.1 Å². The quantitative estimate of drug-likeness (QED) is 0.644. The molecule has 1 aromatic heterocycles. The van der Waals surface area contributed by atoms with Gasteiger partial charge in [0.2, 0.25) is 5.75 Å². The van der Waals surface area contributed by atoms with Crippen LogP contribution in [0.2, 0.25) is 0 Å². The summed E-state index contributed by atoms with van der Waals surface area (Å²) in [5, 5.41) is 10.7. The summed E-state index contributed by atoms with van der Waals surface area (Å²) < 4.78 is 16.1. The zero-order chi connectivity index (χ0) is 18.5. The van der Waals surface area contributed by atoms with Gasteiger partial charge in [-0.15, -0.1) is 0 Å². The third kappa shape index (κ3) is 3.17. The number of nitriles is 1. The van der Waals surface area contributed by atoms with Crippen LogP contribution < -0.4 is 14.2 Å². The number of methoxy groups -OCH3 is 3. The molecule has 1 heterocycles. The molecular formula is C21H18N2O3. The second kappa shape index (κ2) is 7.58. The van der Waals surface area contributed by atoms with Crippen LogP contribution in [-0.2, 0) is 0 Å². The van der Waals surface area contributed by atoms with E-state index in [9.17, 15) is 5.26 Å². The molecule has 0 atom stereocenters. The van der Waals surface area contributed by atoms with Crippen LogP contribution in [0.1, 0.15) is 11.1 Å². The Hall–Kier alpha value is -3.52. The van der Waals surface area contributed by atoms with Crippen molar-refractivity contribution in [3.8, 4) is 23.3 Å². The average molecular weight is 346 g/mol. The van der Waals surface area contributed by atoms with Crippen LogP contribution in [-0.4, -0.2) is 26.3 Å². The van der Waals surface area contributed by atoms with Gasteiger partial charge in [-0.05, 0) is 41.5 Å². The number of aromatic nitrogens is 1. The van der Waals surface area contributed by atoms with Gasteiger partial charge in [0.1, 0.15) is 0 Å². The maximum absolute atomic E-state index is 9.72. The van der Waals surface area contributed by atoms with Crippen LogP contribution >= 0.6 is 0 Å². The van der Waals surface area contributed by atoms with E-state index < -0.39 is 0 Å². The Morgan fingerprint density at radius 1 is 1.00 bits per heavy atom. The summed E-state index contributed by atoms with van der Waals surface area (Å²) in [5.41, 5.74) is 2.97. The van der Waals surface area contributed by atoms with Gasteiger partial charge < -0.3 is 14.2 Å². The molecule has 130 valence electrons. The van der Waals surface area contributed by atoms with Gasteiger partial charge in [0.05, 0.1) is 38.5 Å². The van der Waals surface area contributed by atoms with Crippen molar-refractivity contribution >= 4 is 22.6 Å². The fraction of sp³-hybridized carbons (Fsp3) is 0.143. The number of benzene rings is 2. The van der Waals surface area contributed by atoms with E-state index in [1.165, 1.54) is 0 Å². The molecule has 0 saturated heterocycles. The third-order valence-electron chi connectivity index (χ3n) is 4.08. The molecule has 0 aliphatic rings. The number of rotatable bonds is 5. The number of pyridine rings is 1. The standard InChI is InChI=1S/C21H18N2O3/c1-24-19-11-15(12-20(25-2)21(19)26-3)16(13-22)10-14-8-9-23-18-7-5-4-6-17(14)18/h4-12H,1-3H3/b16-10+. The lowest BCUT2D eigenvalue weighted by Gasteiger charge is -2.14. The molecule has 0 spiro atoms. The van der Waals surface area contributed by atoms with Gasteiger partial charge in [-0.3, -0.25) is 4.98 Å². The molecule has 0 amide bonds. The van der Waals surface area contributed by atoms with Gasteiger partial charge in [0.15, 0.2) is 11.5 Å². The highest BCUT2D eigenvalue weighted by Gasteiger charge is 2.15. The molecule has 0 bridgehead atoms. The Kier molecular flexibility index (Phi) is 5.04. The summed E-state index contributed by atoms with van der Waals surface area (Å²) in [6, 6.07) is 15.5. The molecule has 2 aromatic carbocycles. The van der Waals surface area contributed by atoms with E-state index in [0.29, 0.717) is 28.4 Å². The summed E-state index contributed by atoms with van der Waals surface area (Å²) in [5.74, 6) is 1.50. The maximum Gasteiger partial charge on any atom is 0.203 e. The minimum absolute atomic E-state index is 0.487. The fourth-order valence-corrected chi connectivity index (χ4v) is 2.82. The minimum atomic E-state index is 0.487. The number of hydrogen-bond donors (Lipinski definition) is 0. The van der Waals surface area contributed by atoms with Gasteiger partial charge >= 0.3 is 0 Å². The normalized spacial score (nSPS) is 11.1. The van der Waals surface area contributed by atoms with E-state index in [0.717, 1.165) is 16.5 Å². The molecule has 0 aliphatic heterocycles. The Labute approximate surface area is 152 Å². The highest BCUT2D eigenvalue weighted by Crippen LogP contribution is 2.40. The molecule has 0 unspecified atom stereocenters. The topological polar surface area (TPSA) is 64.4 Å². The van der Waals surface area contributed by atoms with Gasteiger partial charge in [-0.2, -0.15) is 5.26 Å². The monoisotopic (exact) mass is 346 g/mol. The Bertz CT molecular complexity index is 989. The molecule has 0 saturated carbocycles. The first-order chi connectivity index (χ1) is 12.7. The predicted octanol–water partition coefficient (Wildman–Crippen LogP) is 4.32. The van der Waals surface area contributed by atoms with Crippen molar-refractivity contribution in [3.63, 3.8) is 0 Å². The zero-order valence-electron chi connectivity index (χ0n) is 14.8. The third-order valence-corrected chi connectivity index (χ3v) is 4.08. The van der Waals surface area contributed by atoms with Crippen LogP contribution in [0, 0.1) is 11.3 Å². The smallest absolute Gasteiger partial charge is 0.203 e. The van der Waals surface area contributed by atoms with E-state index in [-0.39, 0.29) is 0 Å². The summed E-state index contributed by atoms with van der Waals surface area (Å²) in [6.07, 6.45) is 3.57. The first kappa shape index (κ1) is 17.3. The number of para-hydroxylation sites is 1. The van der Waals surface area contributed by atoms with Crippen LogP contribution in [0.15, 0.2) is 48.7 Å². The average Bonchev–Trinajstić information content (AvgIpc) is 2.70. The van der Waals surface area contributed by atoms with E-state index >= 15 is 0 Å². The van der Waals surface area contributed by atoms with Crippen molar-refractivity contribution < 1.29 is 14.2 Å². The fourth-order valence-electron chi connectivity index (χ4n) is 2.82. The highest BCUT2D eigenvalue weighted by atomic mass is 16.5. The number of nitrogens with zero attached hydrogens (tertiary/aromatic N) is 2. The Balaban J connectivity index is 2.17. The lowest BCUT2D eigenvalue weighted by atomic mass is 10.0. The molecule has 5 heteroatoms. The van der Waals surface area contributed by atoms with Crippen molar-refractivity contribution in [1.82, 2.24) is 4.98 Å². The summed E-state index contributed by atoms with van der Waals surface area (Å²) in [6.45, 7) is 0. The zero-order valence-corrected chi connectivity index (χ0v) is 14.8. The molecule has 3 aromatic rings. The highest BCUT2D eigenvalue weighted by molar-refractivity contribution is 5.97. The van der Waals surface area contributed by atoms with Crippen LogP contribution in [0.3, 0.4) is 0 Å². The summed E-state index contributed by atoms with van der Waals surface area (Å²) >= 11 is 0.